The molecule has 0 N–H and O–H groups in total. The number of rotatable bonds is 65. The average Bonchev–Trinajstić information content (AvgIpc) is 3.46. The molecular weight excluding hydrogens is 985 g/mol. The van der Waals surface area contributed by atoms with Crippen molar-refractivity contribution >= 4 is 17.9 Å². The molecule has 6 heteroatoms. The molecule has 0 aromatic rings. The summed E-state index contributed by atoms with van der Waals surface area (Å²) in [6, 6.07) is 0. The molecule has 466 valence electrons. The topological polar surface area (TPSA) is 78.9 Å². The van der Waals surface area contributed by atoms with E-state index in [0.717, 1.165) is 122 Å². The minimum absolute atomic E-state index is 0.0831. The van der Waals surface area contributed by atoms with Crippen LogP contribution in [0.3, 0.4) is 0 Å². The van der Waals surface area contributed by atoms with Crippen LogP contribution in [0.15, 0.2) is 60.8 Å². The van der Waals surface area contributed by atoms with Crippen LogP contribution in [0.5, 0.6) is 0 Å². The molecule has 0 bridgehead atoms. The minimum atomic E-state index is -0.789. The van der Waals surface area contributed by atoms with Gasteiger partial charge in [0.25, 0.3) is 0 Å². The minimum Gasteiger partial charge on any atom is -0.462 e. The highest BCUT2D eigenvalue weighted by atomic mass is 16.6. The van der Waals surface area contributed by atoms with Gasteiger partial charge in [0.05, 0.1) is 0 Å². The first-order valence-corrected chi connectivity index (χ1v) is 35.3. The third-order valence-corrected chi connectivity index (χ3v) is 15.7. The van der Waals surface area contributed by atoms with Crippen molar-refractivity contribution in [3.63, 3.8) is 0 Å². The van der Waals surface area contributed by atoms with Crippen LogP contribution in [0.4, 0.5) is 0 Å². The Morgan fingerprint density at radius 2 is 0.512 bits per heavy atom. The first kappa shape index (κ1) is 77.1. The maximum Gasteiger partial charge on any atom is 0.306 e. The smallest absolute Gasteiger partial charge is 0.306 e. The second-order valence-corrected chi connectivity index (χ2v) is 23.8. The Balaban J connectivity index is 4.07. The molecule has 1 unspecified atom stereocenters. The fourth-order valence-corrected chi connectivity index (χ4v) is 10.5. The summed E-state index contributed by atoms with van der Waals surface area (Å²) in [6.45, 7) is 6.49. The molecule has 6 nitrogen and oxygen atoms in total. The van der Waals surface area contributed by atoms with Crippen molar-refractivity contribution < 1.29 is 28.6 Å². The van der Waals surface area contributed by atoms with Crippen molar-refractivity contribution in [3.05, 3.63) is 60.8 Å². The average molecular weight is 1120 g/mol. The molecule has 0 aliphatic heterocycles. The predicted octanol–water partition coefficient (Wildman–Crippen LogP) is 24.3. The van der Waals surface area contributed by atoms with Crippen LogP contribution in [-0.2, 0) is 28.6 Å². The summed E-state index contributed by atoms with van der Waals surface area (Å²) in [7, 11) is 0. The summed E-state index contributed by atoms with van der Waals surface area (Å²) in [5.74, 6) is -0.898. The van der Waals surface area contributed by atoms with Crippen molar-refractivity contribution in [1.29, 1.82) is 0 Å². The molecule has 80 heavy (non-hydrogen) atoms. The molecule has 0 aromatic heterocycles. The summed E-state index contributed by atoms with van der Waals surface area (Å²) < 4.78 is 16.9. The predicted molar refractivity (Wildman–Crippen MR) is 348 cm³/mol. The number of hydrogen-bond donors (Lipinski definition) is 0. The maximum absolute atomic E-state index is 12.9. The molecule has 1 atom stereocenters. The highest BCUT2D eigenvalue weighted by Gasteiger charge is 2.19. The molecule has 0 spiro atoms. The normalized spacial score (nSPS) is 12.4. The SMILES string of the molecule is CC/C=C\C/C=C\C/C=C\CCCCCCCC(=O)OC(COC(=O)CCCCCCC/C=C\C/C=C\CCC)COC(=O)CCCCCCCCCCCCCCCCCCCCCCCCCCCCCCCCCCCC. The van der Waals surface area contributed by atoms with Crippen LogP contribution in [0.1, 0.15) is 374 Å². The van der Waals surface area contributed by atoms with Gasteiger partial charge in [-0.05, 0) is 77.0 Å². The maximum atomic E-state index is 12.9. The van der Waals surface area contributed by atoms with E-state index in [-0.39, 0.29) is 31.1 Å². The summed E-state index contributed by atoms with van der Waals surface area (Å²) in [6.07, 6.45) is 88.5. The van der Waals surface area contributed by atoms with Crippen molar-refractivity contribution in [2.24, 2.45) is 0 Å². The second-order valence-electron chi connectivity index (χ2n) is 23.8. The van der Waals surface area contributed by atoms with Crippen molar-refractivity contribution in [2.45, 2.75) is 380 Å². The van der Waals surface area contributed by atoms with E-state index in [1.807, 2.05) is 0 Å². The Hall–Kier alpha value is -2.89. The largest absolute Gasteiger partial charge is 0.462 e. The number of unbranched alkanes of at least 4 members (excludes halogenated alkanes) is 44. The molecule has 0 aromatic carbocycles. The van der Waals surface area contributed by atoms with Crippen LogP contribution in [-0.4, -0.2) is 37.2 Å². The van der Waals surface area contributed by atoms with E-state index in [0.29, 0.717) is 19.3 Å². The standard InChI is InChI=1S/C74H134O6/c1-4-7-10-13-16-19-22-25-27-28-29-30-31-32-33-34-35-36-37-38-39-40-41-42-43-44-45-47-49-52-55-58-61-64-67-73(76)79-70-71(69-78-72(75)66-63-60-57-54-51-48-24-21-18-15-12-9-6-3)80-74(77)68-65-62-59-56-53-50-46-26-23-20-17-14-11-8-5-2/h8,11-12,15,17,20-21,24,26,46,71H,4-7,9-10,13-14,16,18-19,22-23,25,27-45,47-70H2,1-3H3/b11-8-,15-12-,20-17-,24-21-,46-26-. The molecule has 0 rings (SSSR count). The van der Waals surface area contributed by atoms with Gasteiger partial charge in [0.2, 0.25) is 0 Å². The second kappa shape index (κ2) is 68.6. The molecule has 0 saturated heterocycles. The highest BCUT2D eigenvalue weighted by Crippen LogP contribution is 2.19. The molecule has 0 heterocycles. The number of hydrogen-bond acceptors (Lipinski definition) is 6. The molecule has 0 amide bonds. The summed E-state index contributed by atoms with van der Waals surface area (Å²) in [5.41, 5.74) is 0. The Bertz CT molecular complexity index is 1430. The highest BCUT2D eigenvalue weighted by molar-refractivity contribution is 5.71. The van der Waals surface area contributed by atoms with E-state index in [2.05, 4.69) is 81.5 Å². The van der Waals surface area contributed by atoms with Crippen LogP contribution in [0, 0.1) is 0 Å². The van der Waals surface area contributed by atoms with Crippen LogP contribution in [0.25, 0.3) is 0 Å². The summed E-state index contributed by atoms with van der Waals surface area (Å²) >= 11 is 0. The Kier molecular flexibility index (Phi) is 66.1. The van der Waals surface area contributed by atoms with Gasteiger partial charge >= 0.3 is 17.9 Å². The van der Waals surface area contributed by atoms with E-state index in [1.54, 1.807) is 0 Å². The zero-order valence-electron chi connectivity index (χ0n) is 53.6. The van der Waals surface area contributed by atoms with Gasteiger partial charge in [-0.3, -0.25) is 14.4 Å². The molecule has 0 aliphatic rings. The van der Waals surface area contributed by atoms with Crippen LogP contribution >= 0.6 is 0 Å². The Labute approximate surface area is 498 Å². The van der Waals surface area contributed by atoms with Crippen molar-refractivity contribution in [2.75, 3.05) is 13.2 Å². The lowest BCUT2D eigenvalue weighted by atomic mass is 10.0. The van der Waals surface area contributed by atoms with Gasteiger partial charge in [-0.1, -0.05) is 338 Å². The number of esters is 3. The van der Waals surface area contributed by atoms with Gasteiger partial charge in [0.1, 0.15) is 13.2 Å². The molecule has 0 saturated carbocycles. The lowest BCUT2D eigenvalue weighted by molar-refractivity contribution is -0.167. The van der Waals surface area contributed by atoms with E-state index in [1.165, 1.54) is 212 Å². The zero-order chi connectivity index (χ0) is 57.8. The third kappa shape index (κ3) is 65.9. The van der Waals surface area contributed by atoms with E-state index in [4.69, 9.17) is 14.2 Å². The lowest BCUT2D eigenvalue weighted by Crippen LogP contribution is -2.30. The van der Waals surface area contributed by atoms with E-state index < -0.39 is 6.10 Å². The first-order valence-electron chi connectivity index (χ1n) is 35.3. The molecule has 0 fully saturated rings. The fraction of sp³-hybridized carbons (Fsp3) is 0.824. The summed E-state index contributed by atoms with van der Waals surface area (Å²) in [5, 5.41) is 0. The van der Waals surface area contributed by atoms with Crippen molar-refractivity contribution in [1.82, 2.24) is 0 Å². The Morgan fingerprint density at radius 3 is 0.812 bits per heavy atom. The Morgan fingerprint density at radius 1 is 0.263 bits per heavy atom. The van der Waals surface area contributed by atoms with Gasteiger partial charge in [-0.2, -0.15) is 0 Å². The zero-order valence-corrected chi connectivity index (χ0v) is 53.6. The third-order valence-electron chi connectivity index (χ3n) is 15.7. The van der Waals surface area contributed by atoms with Crippen molar-refractivity contribution in [3.8, 4) is 0 Å². The van der Waals surface area contributed by atoms with Crippen LogP contribution in [0.2, 0.25) is 0 Å². The van der Waals surface area contributed by atoms with Crippen LogP contribution < -0.4 is 0 Å². The number of carbonyl (C=O) groups excluding carboxylic acids is 3. The van der Waals surface area contributed by atoms with E-state index >= 15 is 0 Å². The monoisotopic (exact) mass is 1120 g/mol. The van der Waals surface area contributed by atoms with Gasteiger partial charge in [-0.25, -0.2) is 0 Å². The first-order chi connectivity index (χ1) is 39.5. The van der Waals surface area contributed by atoms with Gasteiger partial charge in [0.15, 0.2) is 6.10 Å². The molecule has 0 radical (unpaired) electrons. The number of ether oxygens (including phenoxy) is 3. The van der Waals surface area contributed by atoms with Gasteiger partial charge < -0.3 is 14.2 Å². The van der Waals surface area contributed by atoms with Gasteiger partial charge in [0, 0.05) is 19.3 Å². The molecule has 0 aliphatic carbocycles. The van der Waals surface area contributed by atoms with E-state index in [9.17, 15) is 14.4 Å². The summed E-state index contributed by atoms with van der Waals surface area (Å²) in [4.78, 5) is 38.3. The quantitative estimate of drug-likeness (QED) is 0.0261. The number of allylic oxidation sites excluding steroid dienone is 10. The van der Waals surface area contributed by atoms with Gasteiger partial charge in [-0.15, -0.1) is 0 Å². The number of carbonyl (C=O) groups is 3. The lowest BCUT2D eigenvalue weighted by Gasteiger charge is -2.18. The fourth-order valence-electron chi connectivity index (χ4n) is 10.5. The molecular formula is C74H134O6.